The van der Waals surface area contributed by atoms with Crippen LogP contribution in [0, 0.1) is 17.3 Å². The standard InChI is InChI=1S/C14H23N5/c1-3-10-5-11-7-14(9-15-4-2,12(11)6-10)8-13-16-18-19-17-13/h6,11-12,15H,3-5,7-9H2,1-2H3,(H,16,17,18,19)/t11-,12-,14-/m0/s1. The minimum atomic E-state index is 0.318. The fourth-order valence-corrected chi connectivity index (χ4v) is 3.96. The molecule has 0 radical (unpaired) electrons. The number of rotatable bonds is 6. The van der Waals surface area contributed by atoms with E-state index in [2.05, 4.69) is 45.9 Å². The van der Waals surface area contributed by atoms with Crippen LogP contribution in [0.4, 0.5) is 0 Å². The van der Waals surface area contributed by atoms with Crippen LogP contribution in [0.5, 0.6) is 0 Å². The summed E-state index contributed by atoms with van der Waals surface area (Å²) in [5.74, 6) is 2.51. The van der Waals surface area contributed by atoms with Gasteiger partial charge in [-0.25, -0.2) is 5.10 Å². The van der Waals surface area contributed by atoms with Gasteiger partial charge >= 0.3 is 0 Å². The zero-order valence-corrected chi connectivity index (χ0v) is 11.8. The molecule has 5 heteroatoms. The topological polar surface area (TPSA) is 66.5 Å². The lowest BCUT2D eigenvalue weighted by Crippen LogP contribution is -2.52. The highest BCUT2D eigenvalue weighted by atomic mass is 15.5. The molecule has 0 saturated heterocycles. The van der Waals surface area contributed by atoms with Gasteiger partial charge in [-0.15, -0.1) is 5.10 Å². The molecule has 1 saturated carbocycles. The fourth-order valence-electron chi connectivity index (χ4n) is 3.96. The third kappa shape index (κ3) is 2.20. The molecule has 0 aromatic carbocycles. The molecular weight excluding hydrogens is 238 g/mol. The van der Waals surface area contributed by atoms with Gasteiger partial charge in [0.1, 0.15) is 5.82 Å². The van der Waals surface area contributed by atoms with E-state index >= 15 is 0 Å². The fraction of sp³-hybridized carbons (Fsp3) is 0.786. The lowest BCUT2D eigenvalue weighted by molar-refractivity contribution is -0.000337. The minimum absolute atomic E-state index is 0.318. The minimum Gasteiger partial charge on any atom is -0.316 e. The SMILES string of the molecule is CCNC[C@@]1(Cc2nnn[nH]2)C[C@@H]2CC(CC)=C[C@@H]21. The van der Waals surface area contributed by atoms with Crippen LogP contribution in [0.3, 0.4) is 0 Å². The molecule has 1 aromatic heterocycles. The zero-order chi connectivity index (χ0) is 13.3. The number of H-pyrrole nitrogens is 1. The molecule has 0 amide bonds. The van der Waals surface area contributed by atoms with Gasteiger partial charge in [-0.05, 0) is 53.5 Å². The molecule has 19 heavy (non-hydrogen) atoms. The average Bonchev–Trinajstić information content (AvgIpc) is 3.02. The Morgan fingerprint density at radius 1 is 1.47 bits per heavy atom. The van der Waals surface area contributed by atoms with E-state index < -0.39 is 0 Å². The normalized spacial score (nSPS) is 32.8. The van der Waals surface area contributed by atoms with E-state index in [1.165, 1.54) is 19.3 Å². The van der Waals surface area contributed by atoms with Gasteiger partial charge in [0.15, 0.2) is 0 Å². The van der Waals surface area contributed by atoms with Gasteiger partial charge < -0.3 is 5.32 Å². The van der Waals surface area contributed by atoms with Crippen LogP contribution in [0.25, 0.3) is 0 Å². The van der Waals surface area contributed by atoms with E-state index in [4.69, 9.17) is 0 Å². The number of aromatic nitrogens is 4. The van der Waals surface area contributed by atoms with Crippen molar-refractivity contribution < 1.29 is 0 Å². The molecule has 0 bridgehead atoms. The second kappa shape index (κ2) is 5.04. The van der Waals surface area contributed by atoms with Gasteiger partial charge in [0.25, 0.3) is 0 Å². The van der Waals surface area contributed by atoms with Crippen LogP contribution in [0.15, 0.2) is 11.6 Å². The molecule has 2 N–H and O–H groups in total. The van der Waals surface area contributed by atoms with Crippen molar-refractivity contribution in [1.29, 1.82) is 0 Å². The molecule has 0 unspecified atom stereocenters. The van der Waals surface area contributed by atoms with Gasteiger partial charge in [-0.3, -0.25) is 0 Å². The molecule has 1 aromatic rings. The Morgan fingerprint density at radius 3 is 3.05 bits per heavy atom. The second-order valence-electron chi connectivity index (χ2n) is 6.04. The predicted molar refractivity (Wildman–Crippen MR) is 73.4 cm³/mol. The van der Waals surface area contributed by atoms with E-state index in [1.807, 2.05) is 0 Å². The summed E-state index contributed by atoms with van der Waals surface area (Å²) in [6.07, 6.45) is 7.31. The molecular formula is C14H23N5. The summed E-state index contributed by atoms with van der Waals surface area (Å²) in [6.45, 7) is 6.53. The van der Waals surface area contributed by atoms with Crippen LogP contribution in [-0.4, -0.2) is 33.7 Å². The van der Waals surface area contributed by atoms with E-state index in [-0.39, 0.29) is 0 Å². The number of fused-ring (bicyclic) bond motifs is 1. The summed E-state index contributed by atoms with van der Waals surface area (Å²) < 4.78 is 0. The molecule has 104 valence electrons. The highest BCUT2D eigenvalue weighted by molar-refractivity contribution is 5.24. The Balaban J connectivity index is 1.77. The number of hydrogen-bond donors (Lipinski definition) is 2. The smallest absolute Gasteiger partial charge is 0.149 e. The van der Waals surface area contributed by atoms with Crippen molar-refractivity contribution in [1.82, 2.24) is 25.9 Å². The van der Waals surface area contributed by atoms with Crippen molar-refractivity contribution in [2.24, 2.45) is 17.3 Å². The summed E-state index contributed by atoms with van der Waals surface area (Å²) in [7, 11) is 0. The summed E-state index contributed by atoms with van der Waals surface area (Å²) >= 11 is 0. The molecule has 0 aliphatic heterocycles. The quantitative estimate of drug-likeness (QED) is 0.765. The Hall–Kier alpha value is -1.23. The lowest BCUT2D eigenvalue weighted by Gasteiger charge is -2.52. The molecule has 1 fully saturated rings. The molecule has 2 aliphatic carbocycles. The number of aromatic amines is 1. The monoisotopic (exact) mass is 261 g/mol. The molecule has 0 spiro atoms. The summed E-state index contributed by atoms with van der Waals surface area (Å²) in [4.78, 5) is 0. The number of nitrogens with one attached hydrogen (secondary N) is 2. The first-order chi connectivity index (χ1) is 9.27. The first-order valence-corrected chi connectivity index (χ1v) is 7.40. The average molecular weight is 261 g/mol. The van der Waals surface area contributed by atoms with Crippen LogP contribution in [-0.2, 0) is 6.42 Å². The maximum absolute atomic E-state index is 4.08. The third-order valence-corrected chi connectivity index (χ3v) is 4.91. The Labute approximate surface area is 114 Å². The van der Waals surface area contributed by atoms with Gasteiger partial charge in [0, 0.05) is 13.0 Å². The van der Waals surface area contributed by atoms with Crippen LogP contribution < -0.4 is 5.32 Å². The van der Waals surface area contributed by atoms with Gasteiger partial charge in [-0.2, -0.15) is 0 Å². The molecule has 2 aliphatic rings. The van der Waals surface area contributed by atoms with Crippen LogP contribution in [0.1, 0.15) is 38.9 Å². The lowest BCUT2D eigenvalue weighted by atomic mass is 9.53. The Morgan fingerprint density at radius 2 is 2.37 bits per heavy atom. The van der Waals surface area contributed by atoms with Crippen molar-refractivity contribution in [3.63, 3.8) is 0 Å². The Bertz CT molecular complexity index is 452. The summed E-state index contributed by atoms with van der Waals surface area (Å²) in [5.41, 5.74) is 1.96. The Kier molecular flexibility index (Phi) is 3.39. The molecule has 5 nitrogen and oxygen atoms in total. The highest BCUT2D eigenvalue weighted by Gasteiger charge is 2.54. The van der Waals surface area contributed by atoms with Crippen molar-refractivity contribution >= 4 is 0 Å². The van der Waals surface area contributed by atoms with Gasteiger partial charge in [0.2, 0.25) is 0 Å². The van der Waals surface area contributed by atoms with E-state index in [0.717, 1.165) is 31.3 Å². The first-order valence-electron chi connectivity index (χ1n) is 7.40. The van der Waals surface area contributed by atoms with Crippen LogP contribution >= 0.6 is 0 Å². The predicted octanol–water partition coefficient (Wildman–Crippen LogP) is 1.71. The summed E-state index contributed by atoms with van der Waals surface area (Å²) in [6, 6.07) is 0. The zero-order valence-electron chi connectivity index (χ0n) is 11.8. The van der Waals surface area contributed by atoms with Crippen molar-refractivity contribution in [3.05, 3.63) is 17.5 Å². The maximum atomic E-state index is 4.08. The summed E-state index contributed by atoms with van der Waals surface area (Å²) in [5, 5.41) is 17.9. The number of hydrogen-bond acceptors (Lipinski definition) is 4. The largest absolute Gasteiger partial charge is 0.316 e. The molecule has 1 heterocycles. The van der Waals surface area contributed by atoms with E-state index in [0.29, 0.717) is 11.3 Å². The van der Waals surface area contributed by atoms with Crippen molar-refractivity contribution in [2.75, 3.05) is 13.1 Å². The van der Waals surface area contributed by atoms with Crippen molar-refractivity contribution in [2.45, 2.75) is 39.5 Å². The molecule has 3 atom stereocenters. The number of allylic oxidation sites excluding steroid dienone is 2. The second-order valence-corrected chi connectivity index (χ2v) is 6.04. The number of nitrogens with zero attached hydrogens (tertiary/aromatic N) is 3. The molecule has 3 rings (SSSR count). The van der Waals surface area contributed by atoms with Gasteiger partial charge in [0.05, 0.1) is 0 Å². The van der Waals surface area contributed by atoms with Crippen molar-refractivity contribution in [3.8, 4) is 0 Å². The highest BCUT2D eigenvalue weighted by Crippen LogP contribution is 2.59. The van der Waals surface area contributed by atoms with Gasteiger partial charge in [-0.1, -0.05) is 25.5 Å². The first kappa shape index (κ1) is 12.8. The number of tetrazole rings is 1. The van der Waals surface area contributed by atoms with E-state index in [9.17, 15) is 0 Å². The maximum Gasteiger partial charge on any atom is 0.149 e. The van der Waals surface area contributed by atoms with Crippen LogP contribution in [0.2, 0.25) is 0 Å². The van der Waals surface area contributed by atoms with E-state index in [1.54, 1.807) is 5.57 Å². The third-order valence-electron chi connectivity index (χ3n) is 4.91.